The van der Waals surface area contributed by atoms with Gasteiger partial charge in [-0.2, -0.15) is 0 Å². The summed E-state index contributed by atoms with van der Waals surface area (Å²) in [5.41, 5.74) is 7.63. The fraction of sp³-hybridized carbons (Fsp3) is 0.562. The number of nitrogens with one attached hydrogen (secondary N) is 1. The van der Waals surface area contributed by atoms with Crippen molar-refractivity contribution >= 4 is 17.3 Å². The molecule has 1 atom stereocenters. The fourth-order valence-corrected chi connectivity index (χ4v) is 2.27. The van der Waals surface area contributed by atoms with Crippen LogP contribution in [0, 0.1) is 0 Å². The van der Waals surface area contributed by atoms with E-state index in [0.29, 0.717) is 17.3 Å². The number of methoxy groups -OCH3 is 1. The molecule has 0 fully saturated rings. The Hall–Kier alpha value is -1.71. The van der Waals surface area contributed by atoms with Gasteiger partial charge in [0, 0.05) is 17.4 Å². The van der Waals surface area contributed by atoms with Gasteiger partial charge in [0.1, 0.15) is 0 Å². The first-order valence-corrected chi connectivity index (χ1v) is 7.36. The topological polar surface area (TPSA) is 64.3 Å². The lowest BCUT2D eigenvalue weighted by Gasteiger charge is -2.21. The number of rotatable bonds is 8. The molecule has 0 saturated heterocycles. The molecule has 0 radical (unpaired) electrons. The number of anilines is 2. The number of carbonyl (C=O) groups excluding carboxylic acids is 1. The van der Waals surface area contributed by atoms with Gasteiger partial charge >= 0.3 is 5.97 Å². The number of unbranched alkanes of at least 4 members (excludes halogenated alkanes) is 1. The fourth-order valence-electron chi connectivity index (χ4n) is 2.27. The van der Waals surface area contributed by atoms with Gasteiger partial charge in [-0.15, -0.1) is 0 Å². The van der Waals surface area contributed by atoms with Crippen LogP contribution >= 0.6 is 0 Å². The summed E-state index contributed by atoms with van der Waals surface area (Å²) in [5, 5.41) is 3.47. The lowest BCUT2D eigenvalue weighted by atomic mass is 10.0. The van der Waals surface area contributed by atoms with Crippen LogP contribution < -0.4 is 11.1 Å². The normalized spacial score (nSPS) is 11.9. The Labute approximate surface area is 121 Å². The van der Waals surface area contributed by atoms with Gasteiger partial charge in [0.05, 0.1) is 12.7 Å². The molecule has 0 aromatic heterocycles. The Bertz CT molecular complexity index is 432. The van der Waals surface area contributed by atoms with Gasteiger partial charge in [0.2, 0.25) is 0 Å². The highest BCUT2D eigenvalue weighted by Crippen LogP contribution is 2.23. The molecule has 4 heteroatoms. The third-order valence-corrected chi connectivity index (χ3v) is 3.35. The predicted octanol–water partition coefficient (Wildman–Crippen LogP) is 3.83. The maximum Gasteiger partial charge on any atom is 0.340 e. The Morgan fingerprint density at radius 1 is 1.30 bits per heavy atom. The molecule has 1 unspecified atom stereocenters. The maximum absolute atomic E-state index is 11.8. The summed E-state index contributed by atoms with van der Waals surface area (Å²) in [7, 11) is 1.38. The molecule has 0 heterocycles. The molecule has 20 heavy (non-hydrogen) atoms. The van der Waals surface area contributed by atoms with Gasteiger partial charge in [-0.1, -0.05) is 33.1 Å². The van der Waals surface area contributed by atoms with E-state index in [-0.39, 0.29) is 5.97 Å². The molecule has 0 saturated carbocycles. The molecule has 0 amide bonds. The highest BCUT2D eigenvalue weighted by Gasteiger charge is 2.15. The average molecular weight is 278 g/mol. The zero-order valence-electron chi connectivity index (χ0n) is 12.7. The highest BCUT2D eigenvalue weighted by atomic mass is 16.5. The van der Waals surface area contributed by atoms with Crippen molar-refractivity contribution < 1.29 is 9.53 Å². The van der Waals surface area contributed by atoms with Crippen molar-refractivity contribution in [3.63, 3.8) is 0 Å². The van der Waals surface area contributed by atoms with Crippen molar-refractivity contribution in [1.29, 1.82) is 0 Å². The van der Waals surface area contributed by atoms with Crippen LogP contribution in [0.3, 0.4) is 0 Å². The Kier molecular flexibility index (Phi) is 6.91. The van der Waals surface area contributed by atoms with Gasteiger partial charge in [0.15, 0.2) is 0 Å². The van der Waals surface area contributed by atoms with Crippen LogP contribution in [0.2, 0.25) is 0 Å². The number of benzene rings is 1. The Morgan fingerprint density at radius 3 is 2.65 bits per heavy atom. The number of esters is 1. The summed E-state index contributed by atoms with van der Waals surface area (Å²) in [5.74, 6) is -0.356. The molecule has 1 aromatic rings. The van der Waals surface area contributed by atoms with Gasteiger partial charge in [-0.25, -0.2) is 4.79 Å². The molecule has 0 spiro atoms. The molecule has 1 rings (SSSR count). The van der Waals surface area contributed by atoms with Crippen LogP contribution in [-0.2, 0) is 4.74 Å². The first kappa shape index (κ1) is 16.3. The van der Waals surface area contributed by atoms with E-state index in [1.54, 1.807) is 12.1 Å². The monoisotopic (exact) mass is 278 g/mol. The van der Waals surface area contributed by atoms with Crippen molar-refractivity contribution in [2.24, 2.45) is 0 Å². The van der Waals surface area contributed by atoms with Gasteiger partial charge in [0.25, 0.3) is 0 Å². The SMILES string of the molecule is CCCCC(CCC)Nc1ccc(N)cc1C(=O)OC. The van der Waals surface area contributed by atoms with Crippen LogP contribution in [0.4, 0.5) is 11.4 Å². The minimum Gasteiger partial charge on any atom is -0.465 e. The zero-order valence-corrected chi connectivity index (χ0v) is 12.7. The molecule has 4 nitrogen and oxygen atoms in total. The van der Waals surface area contributed by atoms with Crippen molar-refractivity contribution in [2.45, 2.75) is 52.0 Å². The van der Waals surface area contributed by atoms with E-state index >= 15 is 0 Å². The summed E-state index contributed by atoms with van der Waals surface area (Å²) in [6.45, 7) is 4.36. The van der Waals surface area contributed by atoms with Crippen molar-refractivity contribution in [1.82, 2.24) is 0 Å². The number of carbonyl (C=O) groups is 1. The quantitative estimate of drug-likeness (QED) is 0.560. The lowest BCUT2D eigenvalue weighted by molar-refractivity contribution is 0.0602. The van der Waals surface area contributed by atoms with E-state index in [2.05, 4.69) is 19.2 Å². The number of nitrogens with two attached hydrogens (primary N) is 1. The van der Waals surface area contributed by atoms with E-state index < -0.39 is 0 Å². The molecular formula is C16H26N2O2. The molecule has 0 aliphatic carbocycles. The third kappa shape index (κ3) is 4.76. The summed E-state index contributed by atoms with van der Waals surface area (Å²) in [6.07, 6.45) is 5.66. The minimum atomic E-state index is -0.356. The molecule has 112 valence electrons. The summed E-state index contributed by atoms with van der Waals surface area (Å²) in [4.78, 5) is 11.8. The molecule has 0 aliphatic rings. The second-order valence-corrected chi connectivity index (χ2v) is 5.07. The maximum atomic E-state index is 11.8. The standard InChI is InChI=1S/C16H26N2O2/c1-4-6-8-13(7-5-2)18-15-10-9-12(17)11-14(15)16(19)20-3/h9-11,13,18H,4-8,17H2,1-3H3. The van der Waals surface area contributed by atoms with Gasteiger partial charge in [-0.3, -0.25) is 0 Å². The summed E-state index contributed by atoms with van der Waals surface area (Å²) >= 11 is 0. The molecule has 0 aliphatic heterocycles. The smallest absolute Gasteiger partial charge is 0.340 e. The number of hydrogen-bond donors (Lipinski definition) is 2. The van der Waals surface area contributed by atoms with Crippen LogP contribution in [0.5, 0.6) is 0 Å². The number of ether oxygens (including phenoxy) is 1. The van der Waals surface area contributed by atoms with Crippen molar-refractivity contribution in [3.05, 3.63) is 23.8 Å². The van der Waals surface area contributed by atoms with E-state index in [0.717, 1.165) is 24.9 Å². The Balaban J connectivity index is 2.90. The second-order valence-electron chi connectivity index (χ2n) is 5.07. The number of nitrogen functional groups attached to an aromatic ring is 1. The van der Waals surface area contributed by atoms with Gasteiger partial charge in [-0.05, 0) is 31.0 Å². The lowest BCUT2D eigenvalue weighted by Crippen LogP contribution is -2.21. The minimum absolute atomic E-state index is 0.356. The van der Waals surface area contributed by atoms with E-state index in [1.165, 1.54) is 20.0 Å². The van der Waals surface area contributed by atoms with Gasteiger partial charge < -0.3 is 15.8 Å². The molecular weight excluding hydrogens is 252 g/mol. The van der Waals surface area contributed by atoms with Crippen molar-refractivity contribution in [2.75, 3.05) is 18.2 Å². The summed E-state index contributed by atoms with van der Waals surface area (Å²) < 4.78 is 4.82. The van der Waals surface area contributed by atoms with Crippen LogP contribution in [0.1, 0.15) is 56.3 Å². The largest absolute Gasteiger partial charge is 0.465 e. The first-order valence-electron chi connectivity index (χ1n) is 7.36. The van der Waals surface area contributed by atoms with Crippen LogP contribution in [-0.4, -0.2) is 19.1 Å². The second kappa shape index (κ2) is 8.46. The van der Waals surface area contributed by atoms with E-state index in [4.69, 9.17) is 10.5 Å². The molecule has 3 N–H and O–H groups in total. The first-order chi connectivity index (χ1) is 9.62. The molecule has 1 aromatic carbocycles. The van der Waals surface area contributed by atoms with E-state index in [1.807, 2.05) is 6.07 Å². The highest BCUT2D eigenvalue weighted by molar-refractivity contribution is 5.96. The number of hydrogen-bond acceptors (Lipinski definition) is 4. The average Bonchev–Trinajstić information content (AvgIpc) is 2.45. The third-order valence-electron chi connectivity index (χ3n) is 3.35. The zero-order chi connectivity index (χ0) is 15.0. The van der Waals surface area contributed by atoms with Crippen LogP contribution in [0.15, 0.2) is 18.2 Å². The Morgan fingerprint density at radius 2 is 2.05 bits per heavy atom. The van der Waals surface area contributed by atoms with Crippen LogP contribution in [0.25, 0.3) is 0 Å². The van der Waals surface area contributed by atoms with E-state index in [9.17, 15) is 4.79 Å². The van der Waals surface area contributed by atoms with Crippen molar-refractivity contribution in [3.8, 4) is 0 Å². The molecule has 0 bridgehead atoms. The summed E-state index contributed by atoms with van der Waals surface area (Å²) in [6, 6.07) is 5.71. The predicted molar refractivity (Wildman–Crippen MR) is 84.0 cm³/mol.